The lowest BCUT2D eigenvalue weighted by molar-refractivity contribution is 0.112. The Morgan fingerprint density at radius 3 is 2.37 bits per heavy atom. The summed E-state index contributed by atoms with van der Waals surface area (Å²) in [5.41, 5.74) is 11.6. The smallest absolute Gasteiger partial charge is 0.165 e. The van der Waals surface area contributed by atoms with Crippen LogP contribution in [-0.4, -0.2) is 25.8 Å². The van der Waals surface area contributed by atoms with E-state index in [1.807, 2.05) is 71.3 Å². The predicted molar refractivity (Wildman–Crippen MR) is 117 cm³/mol. The lowest BCUT2D eigenvalue weighted by atomic mass is 10.1. The van der Waals surface area contributed by atoms with Gasteiger partial charge in [-0.25, -0.2) is 15.0 Å². The maximum atomic E-state index is 11.1. The molecule has 0 saturated carbocycles. The Bertz CT molecular complexity index is 1360. The molecule has 3 aromatic heterocycles. The number of hydrogen-bond acceptors (Lipinski definition) is 5. The Labute approximate surface area is 172 Å². The molecule has 0 atom stereocenters. The molecule has 6 nitrogen and oxygen atoms in total. The highest BCUT2D eigenvalue weighted by Crippen LogP contribution is 2.31. The fraction of sp³-hybridized carbons (Fsp3) is 0. The van der Waals surface area contributed by atoms with Crippen molar-refractivity contribution in [1.82, 2.24) is 19.5 Å². The van der Waals surface area contributed by atoms with Crippen LogP contribution in [-0.2, 0) is 0 Å². The molecule has 0 spiro atoms. The van der Waals surface area contributed by atoms with Crippen molar-refractivity contribution in [3.8, 4) is 28.3 Å². The third kappa shape index (κ3) is 3.00. The number of aldehydes is 1. The second kappa shape index (κ2) is 7.25. The highest BCUT2D eigenvalue weighted by molar-refractivity contribution is 5.85. The van der Waals surface area contributed by atoms with Gasteiger partial charge in [0.25, 0.3) is 0 Å². The van der Waals surface area contributed by atoms with E-state index in [-0.39, 0.29) is 0 Å². The molecule has 2 aromatic carbocycles. The number of pyridine rings is 2. The summed E-state index contributed by atoms with van der Waals surface area (Å²) in [4.78, 5) is 25.0. The summed E-state index contributed by atoms with van der Waals surface area (Å²) < 4.78 is 1.95. The van der Waals surface area contributed by atoms with Gasteiger partial charge in [0.2, 0.25) is 0 Å². The van der Waals surface area contributed by atoms with E-state index in [1.54, 1.807) is 18.3 Å². The summed E-state index contributed by atoms with van der Waals surface area (Å²) in [6.45, 7) is 0. The Morgan fingerprint density at radius 2 is 1.63 bits per heavy atom. The van der Waals surface area contributed by atoms with Gasteiger partial charge in [-0.3, -0.25) is 9.36 Å². The number of anilines is 1. The quantitative estimate of drug-likeness (QED) is 0.454. The number of nitrogen functional groups attached to an aromatic ring is 1. The number of aromatic nitrogens is 4. The van der Waals surface area contributed by atoms with Gasteiger partial charge in [-0.05, 0) is 48.5 Å². The van der Waals surface area contributed by atoms with Gasteiger partial charge in [0.15, 0.2) is 11.5 Å². The molecule has 2 N–H and O–H groups in total. The van der Waals surface area contributed by atoms with Crippen LogP contribution in [0.4, 0.5) is 5.82 Å². The summed E-state index contributed by atoms with van der Waals surface area (Å²) >= 11 is 0. The summed E-state index contributed by atoms with van der Waals surface area (Å²) in [6.07, 6.45) is 2.47. The molecule has 144 valence electrons. The number of nitrogens with two attached hydrogens (primary N) is 1. The number of carbonyl (C=O) groups is 1. The van der Waals surface area contributed by atoms with Crippen LogP contribution in [0.2, 0.25) is 0 Å². The average Bonchev–Trinajstić information content (AvgIpc) is 3.18. The molecule has 30 heavy (non-hydrogen) atoms. The summed E-state index contributed by atoms with van der Waals surface area (Å²) in [7, 11) is 0. The molecule has 0 radical (unpaired) electrons. The Hall–Kier alpha value is -4.32. The monoisotopic (exact) mass is 391 g/mol. The van der Waals surface area contributed by atoms with Crippen molar-refractivity contribution in [2.24, 2.45) is 0 Å². The largest absolute Gasteiger partial charge is 0.383 e. The fourth-order valence-electron chi connectivity index (χ4n) is 3.46. The zero-order chi connectivity index (χ0) is 20.5. The lowest BCUT2D eigenvalue weighted by Crippen LogP contribution is -2.02. The maximum absolute atomic E-state index is 11.1. The minimum absolute atomic E-state index is 0.391. The van der Waals surface area contributed by atoms with E-state index < -0.39 is 0 Å². The Kier molecular flexibility index (Phi) is 4.29. The van der Waals surface area contributed by atoms with Gasteiger partial charge in [0.05, 0.1) is 11.3 Å². The van der Waals surface area contributed by atoms with Crippen molar-refractivity contribution in [3.63, 3.8) is 0 Å². The first kappa shape index (κ1) is 17.8. The van der Waals surface area contributed by atoms with E-state index >= 15 is 0 Å². The van der Waals surface area contributed by atoms with E-state index in [9.17, 15) is 4.79 Å². The van der Waals surface area contributed by atoms with E-state index in [4.69, 9.17) is 15.7 Å². The molecule has 3 heterocycles. The maximum Gasteiger partial charge on any atom is 0.165 e. The van der Waals surface area contributed by atoms with Crippen molar-refractivity contribution < 1.29 is 4.79 Å². The van der Waals surface area contributed by atoms with Crippen molar-refractivity contribution in [2.45, 2.75) is 0 Å². The molecular formula is C24H17N5O. The minimum Gasteiger partial charge on any atom is -0.383 e. The number of imidazole rings is 1. The van der Waals surface area contributed by atoms with Crippen LogP contribution in [0.25, 0.3) is 39.5 Å². The van der Waals surface area contributed by atoms with Gasteiger partial charge < -0.3 is 5.73 Å². The molecule has 6 heteroatoms. The van der Waals surface area contributed by atoms with Crippen molar-refractivity contribution in [3.05, 3.63) is 90.6 Å². The van der Waals surface area contributed by atoms with E-state index in [2.05, 4.69) is 4.98 Å². The van der Waals surface area contributed by atoms with E-state index in [1.165, 1.54) is 0 Å². The van der Waals surface area contributed by atoms with Gasteiger partial charge >= 0.3 is 0 Å². The van der Waals surface area contributed by atoms with Crippen LogP contribution in [0.1, 0.15) is 10.4 Å². The molecule has 0 aliphatic carbocycles. The second-order valence-electron chi connectivity index (χ2n) is 6.82. The third-order valence-corrected chi connectivity index (χ3v) is 4.94. The van der Waals surface area contributed by atoms with Crippen molar-refractivity contribution >= 4 is 23.3 Å². The number of carbonyl (C=O) groups excluding carboxylic acids is 1. The first-order valence-corrected chi connectivity index (χ1v) is 9.46. The minimum atomic E-state index is 0.391. The Morgan fingerprint density at radius 1 is 0.833 bits per heavy atom. The summed E-state index contributed by atoms with van der Waals surface area (Å²) in [6, 6.07) is 24.9. The van der Waals surface area contributed by atoms with Crippen LogP contribution in [0.15, 0.2) is 85.1 Å². The van der Waals surface area contributed by atoms with Crippen LogP contribution in [0, 0.1) is 0 Å². The number of fused-ring (bicyclic) bond motifs is 1. The van der Waals surface area contributed by atoms with Gasteiger partial charge in [-0.1, -0.05) is 30.3 Å². The molecular weight excluding hydrogens is 374 g/mol. The normalized spacial score (nSPS) is 10.9. The fourth-order valence-corrected chi connectivity index (χ4v) is 3.46. The topological polar surface area (TPSA) is 86.7 Å². The molecule has 5 rings (SSSR count). The zero-order valence-electron chi connectivity index (χ0n) is 15.9. The molecule has 0 aliphatic heterocycles. The second-order valence-corrected chi connectivity index (χ2v) is 6.82. The van der Waals surface area contributed by atoms with Gasteiger partial charge in [0.1, 0.15) is 17.6 Å². The molecule has 0 aliphatic rings. The molecule has 0 fully saturated rings. The molecule has 0 bridgehead atoms. The third-order valence-electron chi connectivity index (χ3n) is 4.94. The van der Waals surface area contributed by atoms with E-state index in [0.29, 0.717) is 22.9 Å². The lowest BCUT2D eigenvalue weighted by Gasteiger charge is -2.11. The number of rotatable bonds is 4. The SMILES string of the molecule is Nc1ncccc1-c1nc2ccc(-c3ccccc3)nc2n1-c1ccc(C=O)cc1. The first-order chi connectivity index (χ1) is 14.7. The van der Waals surface area contributed by atoms with Gasteiger partial charge in [-0.2, -0.15) is 0 Å². The van der Waals surface area contributed by atoms with Gasteiger partial charge in [0, 0.05) is 23.0 Å². The summed E-state index contributed by atoms with van der Waals surface area (Å²) in [5, 5.41) is 0. The Balaban J connectivity index is 1.80. The number of benzene rings is 2. The standard InChI is InChI=1S/C24H17N5O/c25-22-19(7-4-14-26-22)23-28-21-13-12-20(17-5-2-1-3-6-17)27-24(21)29(23)18-10-8-16(15-30)9-11-18/h1-15H,(H2,25,26). The van der Waals surface area contributed by atoms with Crippen LogP contribution >= 0.6 is 0 Å². The number of nitrogens with zero attached hydrogens (tertiary/aromatic N) is 4. The average molecular weight is 391 g/mol. The molecule has 0 saturated heterocycles. The summed E-state index contributed by atoms with van der Waals surface area (Å²) in [5.74, 6) is 1.04. The van der Waals surface area contributed by atoms with Gasteiger partial charge in [-0.15, -0.1) is 0 Å². The first-order valence-electron chi connectivity index (χ1n) is 9.46. The molecule has 5 aromatic rings. The van der Waals surface area contributed by atoms with E-state index in [0.717, 1.165) is 34.3 Å². The molecule has 0 unspecified atom stereocenters. The highest BCUT2D eigenvalue weighted by Gasteiger charge is 2.18. The highest BCUT2D eigenvalue weighted by atomic mass is 16.1. The molecule has 0 amide bonds. The van der Waals surface area contributed by atoms with Crippen LogP contribution in [0.3, 0.4) is 0 Å². The number of hydrogen-bond donors (Lipinski definition) is 1. The zero-order valence-corrected chi connectivity index (χ0v) is 15.9. The van der Waals surface area contributed by atoms with Crippen LogP contribution in [0.5, 0.6) is 0 Å². The predicted octanol–water partition coefficient (Wildman–Crippen LogP) is 4.54. The van der Waals surface area contributed by atoms with Crippen molar-refractivity contribution in [2.75, 3.05) is 5.73 Å². The van der Waals surface area contributed by atoms with Crippen LogP contribution < -0.4 is 5.73 Å². The van der Waals surface area contributed by atoms with Crippen molar-refractivity contribution in [1.29, 1.82) is 0 Å².